The maximum Gasteiger partial charge on any atom is 0.327 e. The molecular formula is C9H11N5O6. The van der Waals surface area contributed by atoms with Gasteiger partial charge in [0, 0.05) is 0 Å². The van der Waals surface area contributed by atoms with Crippen molar-refractivity contribution in [3.05, 3.63) is 20.8 Å². The molecule has 2 aromatic rings. The second-order valence-electron chi connectivity index (χ2n) is 4.37. The molecule has 0 aliphatic carbocycles. The van der Waals surface area contributed by atoms with Crippen LogP contribution in [0.25, 0.3) is 11.2 Å². The molecule has 2 aromatic heterocycles. The van der Waals surface area contributed by atoms with E-state index >= 15 is 0 Å². The average Bonchev–Trinajstić information content (AvgIpc) is 2.93. The molecule has 0 aromatic carbocycles. The number of hydrogen-bond acceptors (Lipinski definition) is 8. The third-order valence-electron chi connectivity index (χ3n) is 3.13. The summed E-state index contributed by atoms with van der Waals surface area (Å²) < 4.78 is 6.23. The van der Waals surface area contributed by atoms with Gasteiger partial charge in [0.05, 0.1) is 6.61 Å². The molecule has 0 radical (unpaired) electrons. The van der Waals surface area contributed by atoms with E-state index in [9.17, 15) is 19.8 Å². The molecular weight excluding hydrogens is 274 g/mol. The highest BCUT2D eigenvalue weighted by Crippen LogP contribution is 2.29. The number of aromatic nitrogens is 5. The molecule has 0 saturated carbocycles. The highest BCUT2D eigenvalue weighted by molar-refractivity contribution is 5.67. The molecule has 3 rings (SSSR count). The molecule has 4 atom stereocenters. The van der Waals surface area contributed by atoms with Crippen molar-refractivity contribution in [1.82, 2.24) is 25.0 Å². The predicted molar refractivity (Wildman–Crippen MR) is 61.8 cm³/mol. The lowest BCUT2D eigenvalue weighted by Gasteiger charge is -2.14. The minimum atomic E-state index is -1.39. The zero-order valence-electron chi connectivity index (χ0n) is 9.92. The number of aliphatic hydroxyl groups is 3. The molecule has 11 heteroatoms. The maximum absolute atomic E-state index is 11.5. The second-order valence-corrected chi connectivity index (χ2v) is 4.37. The third kappa shape index (κ3) is 1.76. The fourth-order valence-electron chi connectivity index (χ4n) is 2.12. The van der Waals surface area contributed by atoms with E-state index in [1.807, 2.05) is 4.98 Å². The number of nitrogens with one attached hydrogen (secondary N) is 2. The van der Waals surface area contributed by atoms with Crippen LogP contribution < -0.4 is 11.2 Å². The average molecular weight is 285 g/mol. The molecule has 3 heterocycles. The molecule has 1 saturated heterocycles. The maximum atomic E-state index is 11.5. The Kier molecular flexibility index (Phi) is 2.90. The number of ether oxygens (including phenoxy) is 1. The lowest BCUT2D eigenvalue weighted by atomic mass is 10.1. The lowest BCUT2D eigenvalue weighted by molar-refractivity contribution is -0.0574. The van der Waals surface area contributed by atoms with Gasteiger partial charge < -0.3 is 20.1 Å². The van der Waals surface area contributed by atoms with Crippen molar-refractivity contribution < 1.29 is 20.1 Å². The molecule has 5 N–H and O–H groups in total. The summed E-state index contributed by atoms with van der Waals surface area (Å²) in [6.07, 6.45) is -4.88. The topological polar surface area (TPSA) is 166 Å². The van der Waals surface area contributed by atoms with Gasteiger partial charge in [-0.1, -0.05) is 5.21 Å². The first-order valence-corrected chi connectivity index (χ1v) is 5.73. The molecule has 1 aliphatic rings. The van der Waals surface area contributed by atoms with E-state index in [1.165, 1.54) is 0 Å². The molecule has 108 valence electrons. The fraction of sp³-hybridized carbons (Fsp3) is 0.556. The molecule has 1 fully saturated rings. The van der Waals surface area contributed by atoms with Crippen molar-refractivity contribution in [2.75, 3.05) is 6.61 Å². The van der Waals surface area contributed by atoms with Gasteiger partial charge in [-0.2, -0.15) is 4.68 Å². The SMILES string of the molecule is O=c1[nH]c(=O)c2nnn([C@@H]3O[C@H](CO)[C@@H](O)[C@H]3O)c2[nH]1. The minimum Gasteiger partial charge on any atom is -0.394 e. The fourth-order valence-corrected chi connectivity index (χ4v) is 2.12. The van der Waals surface area contributed by atoms with E-state index < -0.39 is 42.4 Å². The van der Waals surface area contributed by atoms with Crippen molar-refractivity contribution in [1.29, 1.82) is 0 Å². The highest BCUT2D eigenvalue weighted by atomic mass is 16.6. The van der Waals surface area contributed by atoms with Gasteiger partial charge in [-0.3, -0.25) is 14.8 Å². The highest BCUT2D eigenvalue weighted by Gasteiger charge is 2.44. The van der Waals surface area contributed by atoms with Crippen LogP contribution in [0.2, 0.25) is 0 Å². The minimum absolute atomic E-state index is 0.0476. The molecule has 11 nitrogen and oxygen atoms in total. The Labute approximate surface area is 109 Å². The van der Waals surface area contributed by atoms with Crippen LogP contribution in [0.1, 0.15) is 6.23 Å². The number of fused-ring (bicyclic) bond motifs is 1. The van der Waals surface area contributed by atoms with Crippen LogP contribution in [0.5, 0.6) is 0 Å². The molecule has 0 bridgehead atoms. The zero-order valence-corrected chi connectivity index (χ0v) is 9.92. The van der Waals surface area contributed by atoms with Gasteiger partial charge in [0.25, 0.3) is 5.56 Å². The largest absolute Gasteiger partial charge is 0.394 e. The third-order valence-corrected chi connectivity index (χ3v) is 3.13. The second kappa shape index (κ2) is 4.49. The quantitative estimate of drug-likeness (QED) is 0.377. The van der Waals surface area contributed by atoms with Crippen LogP contribution in [-0.2, 0) is 4.74 Å². The number of aliphatic hydroxyl groups excluding tert-OH is 3. The van der Waals surface area contributed by atoms with Gasteiger partial charge in [-0.25, -0.2) is 4.79 Å². The van der Waals surface area contributed by atoms with Gasteiger partial charge in [0.1, 0.15) is 18.3 Å². The summed E-state index contributed by atoms with van der Waals surface area (Å²) in [5.41, 5.74) is -1.68. The van der Waals surface area contributed by atoms with E-state index in [2.05, 4.69) is 15.3 Å². The van der Waals surface area contributed by atoms with Gasteiger partial charge in [0.2, 0.25) is 0 Å². The van der Waals surface area contributed by atoms with Crippen molar-refractivity contribution in [3.63, 3.8) is 0 Å². The number of rotatable bonds is 2. The molecule has 0 unspecified atom stereocenters. The van der Waals surface area contributed by atoms with Crippen LogP contribution >= 0.6 is 0 Å². The van der Waals surface area contributed by atoms with Crippen molar-refractivity contribution in [2.24, 2.45) is 0 Å². The first kappa shape index (κ1) is 12.9. The summed E-state index contributed by atoms with van der Waals surface area (Å²) in [5.74, 6) is 0. The summed E-state index contributed by atoms with van der Waals surface area (Å²) in [6.45, 7) is -0.502. The summed E-state index contributed by atoms with van der Waals surface area (Å²) in [6, 6.07) is 0. The van der Waals surface area contributed by atoms with Crippen LogP contribution in [-0.4, -0.2) is 65.2 Å². The summed E-state index contributed by atoms with van der Waals surface area (Å²) in [5, 5.41) is 35.8. The molecule has 0 spiro atoms. The van der Waals surface area contributed by atoms with E-state index in [-0.39, 0.29) is 11.2 Å². The lowest BCUT2D eigenvalue weighted by Crippen LogP contribution is -2.33. The summed E-state index contributed by atoms with van der Waals surface area (Å²) >= 11 is 0. The first-order valence-electron chi connectivity index (χ1n) is 5.73. The monoisotopic (exact) mass is 285 g/mol. The number of aromatic amines is 2. The molecule has 0 amide bonds. The Hall–Kier alpha value is -2.08. The summed E-state index contributed by atoms with van der Waals surface area (Å²) in [4.78, 5) is 27.1. The standard InChI is InChI=1S/C9H11N5O6/c15-1-2-4(16)5(17)8(20-2)14-6-3(12-13-14)7(18)11-9(19)10-6/h2,4-5,8,15-17H,1H2,(H2,10,11,18,19)/t2-,4-,5-,8-/m1/s1. The van der Waals surface area contributed by atoms with Crippen LogP contribution in [0, 0.1) is 0 Å². The Morgan fingerprint density at radius 2 is 2.00 bits per heavy atom. The smallest absolute Gasteiger partial charge is 0.327 e. The molecule has 1 aliphatic heterocycles. The number of hydrogen-bond donors (Lipinski definition) is 5. The van der Waals surface area contributed by atoms with Crippen LogP contribution in [0.4, 0.5) is 0 Å². The van der Waals surface area contributed by atoms with Crippen LogP contribution in [0.3, 0.4) is 0 Å². The van der Waals surface area contributed by atoms with E-state index in [1.54, 1.807) is 0 Å². The Morgan fingerprint density at radius 1 is 1.25 bits per heavy atom. The Balaban J connectivity index is 2.12. The first-order chi connectivity index (χ1) is 9.52. The molecule has 20 heavy (non-hydrogen) atoms. The summed E-state index contributed by atoms with van der Waals surface area (Å²) in [7, 11) is 0. The van der Waals surface area contributed by atoms with Crippen LogP contribution in [0.15, 0.2) is 9.59 Å². The van der Waals surface area contributed by atoms with Crippen molar-refractivity contribution in [3.8, 4) is 0 Å². The predicted octanol–water partition coefficient (Wildman–Crippen LogP) is -3.58. The van der Waals surface area contributed by atoms with E-state index in [0.29, 0.717) is 0 Å². The van der Waals surface area contributed by atoms with Gasteiger partial charge in [0.15, 0.2) is 17.4 Å². The van der Waals surface area contributed by atoms with Crippen molar-refractivity contribution in [2.45, 2.75) is 24.5 Å². The van der Waals surface area contributed by atoms with Gasteiger partial charge in [-0.15, -0.1) is 5.10 Å². The van der Waals surface area contributed by atoms with Gasteiger partial charge >= 0.3 is 5.69 Å². The Bertz CT molecular complexity index is 749. The Morgan fingerprint density at radius 3 is 2.65 bits per heavy atom. The van der Waals surface area contributed by atoms with Crippen molar-refractivity contribution >= 4 is 11.2 Å². The van der Waals surface area contributed by atoms with E-state index in [4.69, 9.17) is 9.84 Å². The zero-order chi connectivity index (χ0) is 14.4. The number of nitrogens with zero attached hydrogens (tertiary/aromatic N) is 3. The van der Waals surface area contributed by atoms with Gasteiger partial charge in [-0.05, 0) is 0 Å². The number of H-pyrrole nitrogens is 2. The van der Waals surface area contributed by atoms with E-state index in [0.717, 1.165) is 4.68 Å². The normalized spacial score (nSPS) is 30.1.